The molecule has 1 heterocycles. The topological polar surface area (TPSA) is 15.3 Å². The molecule has 1 aromatic carbocycles. The molecule has 1 aromatic rings. The minimum atomic E-state index is 0.419. The molecule has 0 saturated heterocycles. The zero-order valence-corrected chi connectivity index (χ0v) is 12.1. The van der Waals surface area contributed by atoms with E-state index in [2.05, 4.69) is 48.6 Å². The summed E-state index contributed by atoms with van der Waals surface area (Å²) in [5.41, 5.74) is 1.91. The standard InChI is InChI=1S/C15H22N2S/c1-17(2)15(8-5-9-15)11-16-13-10-18-14-7-4-3-6-12(13)14/h3-4,6-7,13,16H,5,8-11H2,1-2H3. The minimum Gasteiger partial charge on any atom is -0.307 e. The van der Waals surface area contributed by atoms with E-state index < -0.39 is 0 Å². The molecule has 3 heteroatoms. The summed E-state index contributed by atoms with van der Waals surface area (Å²) >= 11 is 1.98. The number of likely N-dealkylation sites (N-methyl/N-ethyl adjacent to an activating group) is 1. The number of hydrogen-bond donors (Lipinski definition) is 1. The molecule has 1 fully saturated rings. The molecular formula is C15H22N2S. The lowest BCUT2D eigenvalue weighted by Gasteiger charge is -2.48. The Morgan fingerprint density at radius 3 is 2.78 bits per heavy atom. The van der Waals surface area contributed by atoms with Gasteiger partial charge >= 0.3 is 0 Å². The SMILES string of the molecule is CN(C)C1(CNC2CSc3ccccc32)CCC1. The van der Waals surface area contributed by atoms with Crippen molar-refractivity contribution in [2.24, 2.45) is 0 Å². The van der Waals surface area contributed by atoms with Gasteiger partial charge in [0.2, 0.25) is 0 Å². The average Bonchev–Trinajstić information content (AvgIpc) is 2.71. The summed E-state index contributed by atoms with van der Waals surface area (Å²) in [5.74, 6) is 1.18. The maximum atomic E-state index is 3.80. The van der Waals surface area contributed by atoms with Crippen LogP contribution in [0.15, 0.2) is 29.2 Å². The lowest BCUT2D eigenvalue weighted by Crippen LogP contribution is -2.56. The molecule has 0 aromatic heterocycles. The van der Waals surface area contributed by atoms with Gasteiger partial charge in [0, 0.05) is 28.8 Å². The molecule has 1 unspecified atom stereocenters. The summed E-state index contributed by atoms with van der Waals surface area (Å²) < 4.78 is 0. The first kappa shape index (κ1) is 12.5. The van der Waals surface area contributed by atoms with Crippen molar-refractivity contribution in [3.05, 3.63) is 29.8 Å². The maximum absolute atomic E-state index is 3.80. The van der Waals surface area contributed by atoms with Gasteiger partial charge in [-0.15, -0.1) is 11.8 Å². The predicted molar refractivity (Wildman–Crippen MR) is 78.2 cm³/mol. The fourth-order valence-electron chi connectivity index (χ4n) is 3.01. The van der Waals surface area contributed by atoms with E-state index in [0.717, 1.165) is 6.54 Å². The molecule has 2 nitrogen and oxygen atoms in total. The Labute approximate surface area is 114 Å². The van der Waals surface area contributed by atoms with Crippen molar-refractivity contribution in [1.82, 2.24) is 10.2 Å². The van der Waals surface area contributed by atoms with Crippen LogP contribution in [0.2, 0.25) is 0 Å². The van der Waals surface area contributed by atoms with E-state index in [1.54, 1.807) is 0 Å². The summed E-state index contributed by atoms with van der Waals surface area (Å²) in [5, 5.41) is 3.80. The number of fused-ring (bicyclic) bond motifs is 1. The summed E-state index contributed by atoms with van der Waals surface area (Å²) in [7, 11) is 4.44. The lowest BCUT2D eigenvalue weighted by atomic mass is 9.75. The largest absolute Gasteiger partial charge is 0.307 e. The number of thioether (sulfide) groups is 1. The molecule has 1 aliphatic carbocycles. The fourth-order valence-corrected chi connectivity index (χ4v) is 4.21. The molecule has 0 amide bonds. The minimum absolute atomic E-state index is 0.419. The van der Waals surface area contributed by atoms with Crippen LogP contribution < -0.4 is 5.32 Å². The summed E-state index contributed by atoms with van der Waals surface area (Å²) in [6.07, 6.45) is 4.07. The van der Waals surface area contributed by atoms with Gasteiger partial charge in [0.05, 0.1) is 0 Å². The van der Waals surface area contributed by atoms with E-state index in [0.29, 0.717) is 11.6 Å². The molecule has 0 spiro atoms. The van der Waals surface area contributed by atoms with Crippen LogP contribution in [-0.2, 0) is 0 Å². The molecule has 3 rings (SSSR count). The molecule has 1 N–H and O–H groups in total. The zero-order valence-electron chi connectivity index (χ0n) is 11.3. The van der Waals surface area contributed by atoms with Crippen molar-refractivity contribution in [3.63, 3.8) is 0 Å². The molecule has 1 atom stereocenters. The van der Waals surface area contributed by atoms with Gasteiger partial charge in [-0.3, -0.25) is 0 Å². The van der Waals surface area contributed by atoms with Crippen molar-refractivity contribution in [2.45, 2.75) is 35.7 Å². The van der Waals surface area contributed by atoms with Crippen LogP contribution in [0.25, 0.3) is 0 Å². The van der Waals surface area contributed by atoms with Crippen molar-refractivity contribution in [3.8, 4) is 0 Å². The molecule has 18 heavy (non-hydrogen) atoms. The highest BCUT2D eigenvalue weighted by molar-refractivity contribution is 7.99. The smallest absolute Gasteiger partial charge is 0.0427 e. The van der Waals surface area contributed by atoms with Gasteiger partial charge in [-0.2, -0.15) is 0 Å². The van der Waals surface area contributed by atoms with Crippen molar-refractivity contribution >= 4 is 11.8 Å². The second kappa shape index (κ2) is 4.87. The van der Waals surface area contributed by atoms with Crippen LogP contribution in [0, 0.1) is 0 Å². The third-order valence-electron chi connectivity index (χ3n) is 4.61. The van der Waals surface area contributed by atoms with Crippen LogP contribution in [0.5, 0.6) is 0 Å². The second-order valence-electron chi connectivity index (χ2n) is 5.75. The van der Waals surface area contributed by atoms with Crippen LogP contribution in [0.4, 0.5) is 0 Å². The number of nitrogens with zero attached hydrogens (tertiary/aromatic N) is 1. The van der Waals surface area contributed by atoms with Gasteiger partial charge in [0.15, 0.2) is 0 Å². The molecule has 1 aliphatic heterocycles. The van der Waals surface area contributed by atoms with Gasteiger partial charge in [-0.1, -0.05) is 18.2 Å². The first-order valence-corrected chi connectivity index (χ1v) is 7.82. The second-order valence-corrected chi connectivity index (χ2v) is 6.82. The molecular weight excluding hydrogens is 240 g/mol. The van der Waals surface area contributed by atoms with Gasteiger partial charge in [-0.05, 0) is 45.0 Å². The van der Waals surface area contributed by atoms with Gasteiger partial charge in [0.25, 0.3) is 0 Å². The number of rotatable bonds is 4. The predicted octanol–water partition coefficient (Wildman–Crippen LogP) is 2.91. The molecule has 2 aliphatic rings. The molecule has 0 bridgehead atoms. The molecule has 98 valence electrons. The van der Waals surface area contributed by atoms with E-state index in [4.69, 9.17) is 0 Å². The van der Waals surface area contributed by atoms with E-state index in [1.165, 1.54) is 35.5 Å². The summed E-state index contributed by atoms with van der Waals surface area (Å²) in [4.78, 5) is 3.87. The van der Waals surface area contributed by atoms with Gasteiger partial charge in [-0.25, -0.2) is 0 Å². The van der Waals surface area contributed by atoms with Crippen LogP contribution >= 0.6 is 11.8 Å². The number of hydrogen-bond acceptors (Lipinski definition) is 3. The highest BCUT2D eigenvalue weighted by Gasteiger charge is 2.39. The monoisotopic (exact) mass is 262 g/mol. The lowest BCUT2D eigenvalue weighted by molar-refractivity contribution is 0.0578. The Balaban J connectivity index is 1.65. The normalized spacial score (nSPS) is 24.9. The highest BCUT2D eigenvalue weighted by atomic mass is 32.2. The first-order valence-electron chi connectivity index (χ1n) is 6.84. The van der Waals surface area contributed by atoms with Gasteiger partial charge in [0.1, 0.15) is 0 Å². The van der Waals surface area contributed by atoms with E-state index >= 15 is 0 Å². The zero-order chi connectivity index (χ0) is 12.6. The third kappa shape index (κ3) is 2.09. The number of benzene rings is 1. The Bertz CT molecular complexity index is 426. The van der Waals surface area contributed by atoms with Gasteiger partial charge < -0.3 is 10.2 Å². The highest BCUT2D eigenvalue weighted by Crippen LogP contribution is 2.40. The van der Waals surface area contributed by atoms with Crippen LogP contribution in [0.1, 0.15) is 30.9 Å². The van der Waals surface area contributed by atoms with Crippen molar-refractivity contribution in [2.75, 3.05) is 26.4 Å². The van der Waals surface area contributed by atoms with E-state index in [1.807, 2.05) is 11.8 Å². The van der Waals surface area contributed by atoms with E-state index in [9.17, 15) is 0 Å². The average molecular weight is 262 g/mol. The summed E-state index contributed by atoms with van der Waals surface area (Å²) in [6.45, 7) is 1.12. The van der Waals surface area contributed by atoms with Crippen molar-refractivity contribution < 1.29 is 0 Å². The molecule has 0 radical (unpaired) electrons. The quantitative estimate of drug-likeness (QED) is 0.898. The van der Waals surface area contributed by atoms with Crippen LogP contribution in [0.3, 0.4) is 0 Å². The first-order chi connectivity index (χ1) is 8.71. The third-order valence-corrected chi connectivity index (χ3v) is 5.79. The molecule has 1 saturated carbocycles. The maximum Gasteiger partial charge on any atom is 0.0427 e. The Hall–Kier alpha value is -0.510. The Morgan fingerprint density at radius 2 is 2.11 bits per heavy atom. The Kier molecular flexibility index (Phi) is 3.39. The summed E-state index contributed by atoms with van der Waals surface area (Å²) in [6, 6.07) is 9.36. The van der Waals surface area contributed by atoms with Crippen molar-refractivity contribution in [1.29, 1.82) is 0 Å². The van der Waals surface area contributed by atoms with E-state index in [-0.39, 0.29) is 0 Å². The fraction of sp³-hybridized carbons (Fsp3) is 0.600. The Morgan fingerprint density at radius 1 is 1.33 bits per heavy atom. The van der Waals surface area contributed by atoms with Crippen LogP contribution in [-0.4, -0.2) is 36.8 Å². The number of nitrogens with one attached hydrogen (secondary N) is 1.